The smallest absolute Gasteiger partial charge is 0.114 e. The predicted octanol–water partition coefficient (Wildman–Crippen LogP) is -0.413. The van der Waals surface area contributed by atoms with E-state index in [4.69, 9.17) is 11.5 Å². The third-order valence-corrected chi connectivity index (χ3v) is 1.35. The van der Waals surface area contributed by atoms with Gasteiger partial charge >= 0.3 is 0 Å². The first-order valence-electron chi connectivity index (χ1n) is 3.45. The number of aryl methyl sites for hydroxylation is 1. The van der Waals surface area contributed by atoms with Gasteiger partial charge in [0, 0.05) is 18.8 Å². The first kappa shape index (κ1) is 8.32. The minimum absolute atomic E-state index is 0.710. The number of aromatic nitrogens is 3. The van der Waals surface area contributed by atoms with E-state index in [1.165, 1.54) is 12.4 Å². The lowest BCUT2D eigenvalue weighted by atomic mass is 10.2. The topological polar surface area (TPSA) is 82.8 Å². The second-order valence-electron chi connectivity index (χ2n) is 2.26. The van der Waals surface area contributed by atoms with Crippen LogP contribution in [0.15, 0.2) is 24.7 Å². The van der Waals surface area contributed by atoms with Crippen LogP contribution in [-0.4, -0.2) is 15.0 Å². The molecule has 0 saturated carbocycles. The molecule has 64 valence electrons. The van der Waals surface area contributed by atoms with Crippen molar-refractivity contribution in [3.8, 4) is 0 Å². The minimum atomic E-state index is 0.710. The van der Waals surface area contributed by atoms with Crippen molar-refractivity contribution in [3.05, 3.63) is 30.4 Å². The Kier molecular flexibility index (Phi) is 2.47. The van der Waals surface area contributed by atoms with Gasteiger partial charge in [-0.3, -0.25) is 4.68 Å². The van der Waals surface area contributed by atoms with Crippen LogP contribution < -0.4 is 11.5 Å². The van der Waals surface area contributed by atoms with Crippen LogP contribution in [0, 0.1) is 0 Å². The fraction of sp³-hybridized carbons (Fsp3) is 0.143. The van der Waals surface area contributed by atoms with E-state index in [0.29, 0.717) is 5.69 Å². The van der Waals surface area contributed by atoms with Gasteiger partial charge in [0.15, 0.2) is 0 Å². The van der Waals surface area contributed by atoms with E-state index >= 15 is 0 Å². The Labute approximate surface area is 70.4 Å². The maximum atomic E-state index is 5.35. The van der Waals surface area contributed by atoms with E-state index < -0.39 is 0 Å². The fourth-order valence-corrected chi connectivity index (χ4v) is 0.810. The van der Waals surface area contributed by atoms with Gasteiger partial charge < -0.3 is 11.5 Å². The maximum Gasteiger partial charge on any atom is 0.114 e. The summed E-state index contributed by atoms with van der Waals surface area (Å²) in [7, 11) is 1.79. The summed E-state index contributed by atoms with van der Waals surface area (Å²) in [6.45, 7) is 0. The van der Waals surface area contributed by atoms with Crippen LogP contribution in [0.2, 0.25) is 0 Å². The van der Waals surface area contributed by atoms with Crippen molar-refractivity contribution in [1.82, 2.24) is 15.0 Å². The van der Waals surface area contributed by atoms with Gasteiger partial charge in [0.1, 0.15) is 5.69 Å². The van der Waals surface area contributed by atoms with Crippen LogP contribution in [0.1, 0.15) is 5.69 Å². The zero-order chi connectivity index (χ0) is 8.97. The summed E-state index contributed by atoms with van der Waals surface area (Å²) < 4.78 is 1.60. The molecule has 1 rings (SSSR count). The van der Waals surface area contributed by atoms with E-state index in [-0.39, 0.29) is 0 Å². The number of nitrogens with zero attached hydrogens (tertiary/aromatic N) is 3. The number of allylic oxidation sites excluding steroid dienone is 2. The first-order chi connectivity index (χ1) is 5.77. The number of nitrogens with two attached hydrogens (primary N) is 2. The van der Waals surface area contributed by atoms with Crippen LogP contribution in [-0.2, 0) is 7.05 Å². The molecule has 0 spiro atoms. The van der Waals surface area contributed by atoms with Gasteiger partial charge in [0.05, 0.1) is 6.20 Å². The molecule has 0 fully saturated rings. The molecule has 1 aromatic heterocycles. The lowest BCUT2D eigenvalue weighted by Crippen LogP contribution is -1.88. The van der Waals surface area contributed by atoms with Crippen molar-refractivity contribution >= 4 is 5.57 Å². The Balaban J connectivity index is 2.96. The van der Waals surface area contributed by atoms with Crippen LogP contribution >= 0.6 is 0 Å². The Morgan fingerprint density at radius 2 is 2.33 bits per heavy atom. The van der Waals surface area contributed by atoms with E-state index in [9.17, 15) is 0 Å². The quantitative estimate of drug-likeness (QED) is 0.583. The summed E-state index contributed by atoms with van der Waals surface area (Å²) in [5.74, 6) is 0. The minimum Gasteiger partial charge on any atom is -0.405 e. The summed E-state index contributed by atoms with van der Waals surface area (Å²) >= 11 is 0. The lowest BCUT2D eigenvalue weighted by Gasteiger charge is -1.91. The van der Waals surface area contributed by atoms with Crippen molar-refractivity contribution in [3.63, 3.8) is 0 Å². The van der Waals surface area contributed by atoms with Crippen molar-refractivity contribution < 1.29 is 0 Å². The summed E-state index contributed by atoms with van der Waals surface area (Å²) in [5.41, 5.74) is 12.0. The SMILES string of the molecule is Cn1cc(C(/C=C\N)=C/N)nn1. The highest BCUT2D eigenvalue weighted by Gasteiger charge is 2.00. The molecule has 0 amide bonds. The number of hydrogen-bond donors (Lipinski definition) is 2. The average molecular weight is 165 g/mol. The van der Waals surface area contributed by atoms with Crippen LogP contribution in [0.3, 0.4) is 0 Å². The molecular weight excluding hydrogens is 154 g/mol. The van der Waals surface area contributed by atoms with Gasteiger partial charge in [-0.2, -0.15) is 0 Å². The third kappa shape index (κ3) is 1.63. The van der Waals surface area contributed by atoms with Crippen LogP contribution in [0.5, 0.6) is 0 Å². The maximum absolute atomic E-state index is 5.35. The third-order valence-electron chi connectivity index (χ3n) is 1.35. The Morgan fingerprint density at radius 1 is 1.58 bits per heavy atom. The fourth-order valence-electron chi connectivity index (χ4n) is 0.810. The molecule has 1 aromatic rings. The van der Waals surface area contributed by atoms with E-state index in [2.05, 4.69) is 10.3 Å². The molecule has 5 heteroatoms. The largest absolute Gasteiger partial charge is 0.405 e. The number of rotatable bonds is 2. The molecule has 0 saturated heterocycles. The lowest BCUT2D eigenvalue weighted by molar-refractivity contribution is 0.714. The van der Waals surface area contributed by atoms with Crippen molar-refractivity contribution in [2.45, 2.75) is 0 Å². The van der Waals surface area contributed by atoms with E-state index in [1.807, 2.05) is 0 Å². The zero-order valence-electron chi connectivity index (χ0n) is 6.81. The second-order valence-corrected chi connectivity index (χ2v) is 2.26. The summed E-state index contributed by atoms with van der Waals surface area (Å²) in [6, 6.07) is 0. The molecule has 0 unspecified atom stereocenters. The van der Waals surface area contributed by atoms with Gasteiger partial charge in [0.25, 0.3) is 0 Å². The van der Waals surface area contributed by atoms with Crippen molar-refractivity contribution in [2.24, 2.45) is 18.5 Å². The van der Waals surface area contributed by atoms with Crippen molar-refractivity contribution in [2.75, 3.05) is 0 Å². The highest BCUT2D eigenvalue weighted by Crippen LogP contribution is 2.09. The van der Waals surface area contributed by atoms with Gasteiger partial charge in [-0.05, 0) is 12.3 Å². The first-order valence-corrected chi connectivity index (χ1v) is 3.45. The van der Waals surface area contributed by atoms with Gasteiger partial charge in [-0.15, -0.1) is 5.10 Å². The monoisotopic (exact) mass is 165 g/mol. The Morgan fingerprint density at radius 3 is 2.75 bits per heavy atom. The molecule has 0 aliphatic rings. The van der Waals surface area contributed by atoms with Gasteiger partial charge in [-0.25, -0.2) is 0 Å². The Bertz CT molecular complexity index is 309. The van der Waals surface area contributed by atoms with Crippen molar-refractivity contribution in [1.29, 1.82) is 0 Å². The Hall–Kier alpha value is -1.78. The molecule has 12 heavy (non-hydrogen) atoms. The highest BCUT2D eigenvalue weighted by atomic mass is 15.4. The molecule has 5 nitrogen and oxygen atoms in total. The number of hydrogen-bond acceptors (Lipinski definition) is 4. The normalized spacial score (nSPS) is 12.6. The van der Waals surface area contributed by atoms with Gasteiger partial charge in [-0.1, -0.05) is 5.21 Å². The zero-order valence-corrected chi connectivity index (χ0v) is 6.81. The molecule has 0 bridgehead atoms. The average Bonchev–Trinajstić information content (AvgIpc) is 2.47. The summed E-state index contributed by atoms with van der Waals surface area (Å²) in [6.07, 6.45) is 6.28. The molecule has 0 aliphatic carbocycles. The molecule has 0 radical (unpaired) electrons. The van der Waals surface area contributed by atoms with Crippen LogP contribution in [0.4, 0.5) is 0 Å². The molecular formula is C7H11N5. The standard InChI is InChI=1S/C7H11N5/c1-12-5-7(10-11-12)6(4-9)2-3-8/h2-5H,8-9H2,1H3/b3-2-,6-4+. The molecule has 0 atom stereocenters. The molecule has 0 aliphatic heterocycles. The summed E-state index contributed by atoms with van der Waals surface area (Å²) in [5, 5.41) is 7.63. The van der Waals surface area contributed by atoms with E-state index in [1.54, 1.807) is 24.0 Å². The second kappa shape index (κ2) is 3.56. The van der Waals surface area contributed by atoms with Crippen LogP contribution in [0.25, 0.3) is 5.57 Å². The highest BCUT2D eigenvalue weighted by molar-refractivity contribution is 5.70. The predicted molar refractivity (Wildman–Crippen MR) is 46.5 cm³/mol. The van der Waals surface area contributed by atoms with Gasteiger partial charge in [0.2, 0.25) is 0 Å². The van der Waals surface area contributed by atoms with E-state index in [0.717, 1.165) is 5.57 Å². The molecule has 1 heterocycles. The molecule has 4 N–H and O–H groups in total. The summed E-state index contributed by atoms with van der Waals surface area (Å²) in [4.78, 5) is 0. The molecule has 0 aromatic carbocycles.